The Morgan fingerprint density at radius 1 is 1.09 bits per heavy atom. The van der Waals surface area contributed by atoms with E-state index >= 15 is 0 Å². The number of nitrogens with zero attached hydrogens (tertiary/aromatic N) is 2. The Bertz CT molecular complexity index is 1260. The molecule has 0 aliphatic heterocycles. The van der Waals surface area contributed by atoms with Gasteiger partial charge in [-0.3, -0.25) is 14.4 Å². The highest BCUT2D eigenvalue weighted by atomic mass is 19.4. The molecule has 0 unspecified atom stereocenters. The van der Waals surface area contributed by atoms with Crippen LogP contribution in [0.3, 0.4) is 0 Å². The van der Waals surface area contributed by atoms with Crippen molar-refractivity contribution >= 4 is 34.2 Å². The third-order valence-electron chi connectivity index (χ3n) is 4.73. The van der Waals surface area contributed by atoms with Gasteiger partial charge in [-0.15, -0.1) is 6.58 Å². The molecule has 10 heteroatoms. The molecule has 0 aliphatic rings. The molecule has 0 spiro atoms. The zero-order valence-corrected chi connectivity index (χ0v) is 17.7. The molecule has 2 aromatic carbocycles. The first-order chi connectivity index (χ1) is 15.6. The molecule has 172 valence electrons. The molecule has 33 heavy (non-hydrogen) atoms. The summed E-state index contributed by atoms with van der Waals surface area (Å²) >= 11 is 0. The van der Waals surface area contributed by atoms with Crippen LogP contribution in [0, 0.1) is 0 Å². The highest BCUT2D eigenvalue weighted by Crippen LogP contribution is 2.30. The number of benzene rings is 2. The van der Waals surface area contributed by atoms with Crippen molar-refractivity contribution in [3.05, 3.63) is 76.7 Å². The summed E-state index contributed by atoms with van der Waals surface area (Å²) in [5, 5.41) is 5.27. The van der Waals surface area contributed by atoms with Gasteiger partial charge in [-0.05, 0) is 42.5 Å². The predicted molar refractivity (Wildman–Crippen MR) is 119 cm³/mol. The van der Waals surface area contributed by atoms with E-state index in [1.807, 2.05) is 0 Å². The van der Waals surface area contributed by atoms with Crippen LogP contribution in [0.5, 0.6) is 0 Å². The van der Waals surface area contributed by atoms with E-state index in [-0.39, 0.29) is 42.0 Å². The average Bonchev–Trinajstić information content (AvgIpc) is 2.74. The molecule has 3 aromatic rings. The number of carbonyl (C=O) groups is 2. The normalized spacial score (nSPS) is 11.3. The van der Waals surface area contributed by atoms with Crippen LogP contribution in [-0.2, 0) is 28.7 Å². The summed E-state index contributed by atoms with van der Waals surface area (Å²) in [6, 6.07) is 9.43. The van der Waals surface area contributed by atoms with Gasteiger partial charge in [-0.1, -0.05) is 6.08 Å². The van der Waals surface area contributed by atoms with Gasteiger partial charge in [-0.25, -0.2) is 4.98 Å². The fourth-order valence-corrected chi connectivity index (χ4v) is 3.24. The summed E-state index contributed by atoms with van der Waals surface area (Å²) in [5.74, 6) is -0.623. The van der Waals surface area contributed by atoms with Gasteiger partial charge in [0.05, 0.1) is 16.6 Å². The number of aryl methyl sites for hydroxylation is 1. The SMILES string of the molecule is C=CCn1c(=O)c(CCC(=O)Nc2ccc(NC(C)=O)cc2)nc2cc(C(F)(F)F)ccc21. The lowest BCUT2D eigenvalue weighted by atomic mass is 10.1. The number of aromatic nitrogens is 2. The number of rotatable bonds is 7. The van der Waals surface area contributed by atoms with Crippen LogP contribution in [0.4, 0.5) is 24.5 Å². The van der Waals surface area contributed by atoms with Gasteiger partial charge in [0, 0.05) is 37.7 Å². The second kappa shape index (κ2) is 9.68. The number of hydrogen-bond acceptors (Lipinski definition) is 4. The van der Waals surface area contributed by atoms with E-state index in [0.29, 0.717) is 11.4 Å². The molecule has 0 radical (unpaired) electrons. The van der Waals surface area contributed by atoms with Crippen molar-refractivity contribution in [2.45, 2.75) is 32.5 Å². The fourth-order valence-electron chi connectivity index (χ4n) is 3.24. The first kappa shape index (κ1) is 23.7. The number of fused-ring (bicyclic) bond motifs is 1. The minimum absolute atomic E-state index is 0.00948. The van der Waals surface area contributed by atoms with Gasteiger partial charge < -0.3 is 15.2 Å². The Morgan fingerprint density at radius 3 is 2.30 bits per heavy atom. The first-order valence-corrected chi connectivity index (χ1v) is 9.97. The highest BCUT2D eigenvalue weighted by Gasteiger charge is 2.31. The van der Waals surface area contributed by atoms with E-state index in [2.05, 4.69) is 22.2 Å². The lowest BCUT2D eigenvalue weighted by Crippen LogP contribution is -2.26. The molecule has 1 heterocycles. The topological polar surface area (TPSA) is 93.1 Å². The molecule has 2 amide bonds. The molecule has 7 nitrogen and oxygen atoms in total. The highest BCUT2D eigenvalue weighted by molar-refractivity contribution is 5.92. The van der Waals surface area contributed by atoms with Crippen LogP contribution < -0.4 is 16.2 Å². The summed E-state index contributed by atoms with van der Waals surface area (Å²) in [7, 11) is 0. The second-order valence-corrected chi connectivity index (χ2v) is 7.27. The Morgan fingerprint density at radius 2 is 1.73 bits per heavy atom. The van der Waals surface area contributed by atoms with Crippen molar-refractivity contribution in [2.75, 3.05) is 10.6 Å². The lowest BCUT2D eigenvalue weighted by molar-refractivity contribution is -0.137. The Hall–Kier alpha value is -3.95. The molecule has 0 saturated heterocycles. The smallest absolute Gasteiger partial charge is 0.326 e. The van der Waals surface area contributed by atoms with Crippen molar-refractivity contribution in [1.82, 2.24) is 9.55 Å². The van der Waals surface area contributed by atoms with E-state index in [4.69, 9.17) is 0 Å². The summed E-state index contributed by atoms with van der Waals surface area (Å²) in [6.07, 6.45) is -3.25. The number of anilines is 2. The third-order valence-corrected chi connectivity index (χ3v) is 4.73. The summed E-state index contributed by atoms with van der Waals surface area (Å²) in [4.78, 5) is 40.3. The van der Waals surface area contributed by atoms with Gasteiger partial charge in [0.1, 0.15) is 5.69 Å². The van der Waals surface area contributed by atoms with Crippen LogP contribution >= 0.6 is 0 Å². The lowest BCUT2D eigenvalue weighted by Gasteiger charge is -2.13. The maximum absolute atomic E-state index is 13.1. The molecule has 0 bridgehead atoms. The van der Waals surface area contributed by atoms with Crippen LogP contribution in [0.25, 0.3) is 11.0 Å². The fraction of sp³-hybridized carbons (Fsp3) is 0.217. The standard InChI is InChI=1S/C23H21F3N4O3/c1-3-12-30-20-10-4-15(23(24,25)26)13-19(20)29-18(22(30)33)9-11-21(32)28-17-7-5-16(6-8-17)27-14(2)31/h3-8,10,13H,1,9,11-12H2,2H3,(H,27,31)(H,28,32). The maximum Gasteiger partial charge on any atom is 0.416 e. The monoisotopic (exact) mass is 458 g/mol. The molecule has 2 N–H and O–H groups in total. The molecule has 0 saturated carbocycles. The van der Waals surface area contributed by atoms with Crippen molar-refractivity contribution in [3.8, 4) is 0 Å². The summed E-state index contributed by atoms with van der Waals surface area (Å²) in [5.41, 5.74) is -0.0657. The van der Waals surface area contributed by atoms with Crippen LogP contribution in [0.1, 0.15) is 24.6 Å². The number of amides is 2. The van der Waals surface area contributed by atoms with Gasteiger partial charge >= 0.3 is 6.18 Å². The number of hydrogen-bond donors (Lipinski definition) is 2. The zero-order valence-electron chi connectivity index (χ0n) is 17.7. The van der Waals surface area contributed by atoms with Crippen LogP contribution in [0.2, 0.25) is 0 Å². The Balaban J connectivity index is 1.80. The predicted octanol–water partition coefficient (Wildman–Crippen LogP) is 4.13. The van der Waals surface area contributed by atoms with E-state index < -0.39 is 23.2 Å². The van der Waals surface area contributed by atoms with E-state index in [0.717, 1.165) is 12.1 Å². The molecule has 3 rings (SSSR count). The quantitative estimate of drug-likeness (QED) is 0.521. The Labute approximate surface area is 186 Å². The largest absolute Gasteiger partial charge is 0.416 e. The number of nitrogens with one attached hydrogen (secondary N) is 2. The average molecular weight is 458 g/mol. The van der Waals surface area contributed by atoms with Gasteiger partial charge in [0.15, 0.2) is 0 Å². The number of carbonyl (C=O) groups excluding carboxylic acids is 2. The van der Waals surface area contributed by atoms with Crippen molar-refractivity contribution in [3.63, 3.8) is 0 Å². The molecule has 1 aromatic heterocycles. The number of allylic oxidation sites excluding steroid dienone is 1. The van der Waals surface area contributed by atoms with Gasteiger partial charge in [0.2, 0.25) is 11.8 Å². The number of halogens is 3. The van der Waals surface area contributed by atoms with Crippen molar-refractivity contribution in [1.29, 1.82) is 0 Å². The molecule has 0 aliphatic carbocycles. The zero-order chi connectivity index (χ0) is 24.2. The van der Waals surface area contributed by atoms with Gasteiger partial charge in [0.25, 0.3) is 5.56 Å². The number of alkyl halides is 3. The van der Waals surface area contributed by atoms with Gasteiger partial charge in [-0.2, -0.15) is 13.2 Å². The minimum Gasteiger partial charge on any atom is -0.326 e. The van der Waals surface area contributed by atoms with E-state index in [9.17, 15) is 27.6 Å². The Kier molecular flexibility index (Phi) is 6.95. The van der Waals surface area contributed by atoms with Crippen LogP contribution in [0.15, 0.2) is 59.9 Å². The molecular formula is C23H21F3N4O3. The van der Waals surface area contributed by atoms with Crippen molar-refractivity contribution in [2.24, 2.45) is 0 Å². The summed E-state index contributed by atoms with van der Waals surface area (Å²) < 4.78 is 40.6. The van der Waals surface area contributed by atoms with E-state index in [1.165, 1.54) is 23.6 Å². The first-order valence-electron chi connectivity index (χ1n) is 9.97. The summed E-state index contributed by atoms with van der Waals surface area (Å²) in [6.45, 7) is 5.05. The second-order valence-electron chi connectivity index (χ2n) is 7.27. The van der Waals surface area contributed by atoms with Crippen LogP contribution in [-0.4, -0.2) is 21.4 Å². The minimum atomic E-state index is -4.55. The third kappa shape index (κ3) is 5.85. The van der Waals surface area contributed by atoms with E-state index in [1.54, 1.807) is 24.3 Å². The molecular weight excluding hydrogens is 437 g/mol. The molecule has 0 fully saturated rings. The van der Waals surface area contributed by atoms with Crippen molar-refractivity contribution < 1.29 is 22.8 Å². The maximum atomic E-state index is 13.1. The molecule has 0 atom stereocenters.